The number of carboxylic acid groups (broad SMARTS) is 3. The number of carbonyl (C=O) groups excluding carboxylic acids is 3. The molecule has 0 heterocycles. The predicted molar refractivity (Wildman–Crippen MR) is 115 cm³/mol. The van der Waals surface area contributed by atoms with Crippen molar-refractivity contribution in [2.45, 2.75) is 119 Å². The molecule has 0 saturated carbocycles. The van der Waals surface area contributed by atoms with Crippen LogP contribution in [-0.2, 0) is 14.4 Å². The Morgan fingerprint density at radius 2 is 0.710 bits per heavy atom. The summed E-state index contributed by atoms with van der Waals surface area (Å²) < 4.78 is 0. The minimum atomic E-state index is -0.893. The van der Waals surface area contributed by atoms with Gasteiger partial charge in [0.05, 0.1) is 0 Å². The number of carboxylic acids is 3. The summed E-state index contributed by atoms with van der Waals surface area (Å²) in [6.07, 6.45) is 10.6. The first kappa shape index (κ1) is 38.0. The SMILES string of the molecule is CCCCC(CC)C(=O)[O-].CCCCC(CC)C(=O)[O-].CCCCC(CC)C(=O)[O-].[Nd+3]. The Morgan fingerprint density at radius 1 is 0.516 bits per heavy atom. The molecule has 0 aliphatic carbocycles. The Balaban J connectivity index is -0.000000174. The third-order valence-electron chi connectivity index (χ3n) is 5.20. The van der Waals surface area contributed by atoms with Crippen LogP contribution in [0, 0.1) is 58.6 Å². The second kappa shape index (κ2) is 27.8. The van der Waals surface area contributed by atoms with Gasteiger partial charge >= 0.3 is 40.8 Å². The fourth-order valence-electron chi connectivity index (χ4n) is 2.82. The van der Waals surface area contributed by atoms with Crippen molar-refractivity contribution in [3.8, 4) is 0 Å². The zero-order valence-corrected chi connectivity index (χ0v) is 23.9. The fourth-order valence-corrected chi connectivity index (χ4v) is 2.82. The molecule has 0 spiro atoms. The van der Waals surface area contributed by atoms with E-state index >= 15 is 0 Å². The molecule has 0 N–H and O–H groups in total. The Bertz CT molecular complexity index is 366. The van der Waals surface area contributed by atoms with Gasteiger partial charge in [-0.1, -0.05) is 80.1 Å². The van der Waals surface area contributed by atoms with Crippen LogP contribution in [0.25, 0.3) is 0 Å². The molecule has 7 heteroatoms. The van der Waals surface area contributed by atoms with Crippen molar-refractivity contribution in [3.63, 3.8) is 0 Å². The van der Waals surface area contributed by atoms with Gasteiger partial charge in [-0.25, -0.2) is 0 Å². The topological polar surface area (TPSA) is 120 Å². The first-order valence-electron chi connectivity index (χ1n) is 11.8. The van der Waals surface area contributed by atoms with Gasteiger partial charge in [0.2, 0.25) is 0 Å². The van der Waals surface area contributed by atoms with Crippen molar-refractivity contribution in [1.82, 2.24) is 0 Å². The van der Waals surface area contributed by atoms with Crippen LogP contribution in [0.4, 0.5) is 0 Å². The van der Waals surface area contributed by atoms with Crippen LogP contribution in [-0.4, -0.2) is 17.9 Å². The van der Waals surface area contributed by atoms with E-state index in [0.717, 1.165) is 57.8 Å². The Hall–Kier alpha value is -0.239. The van der Waals surface area contributed by atoms with Gasteiger partial charge in [-0.05, 0) is 56.3 Å². The van der Waals surface area contributed by atoms with Crippen LogP contribution in [0.2, 0.25) is 0 Å². The summed E-state index contributed by atoms with van der Waals surface area (Å²) in [7, 11) is 0. The van der Waals surface area contributed by atoms with Gasteiger partial charge in [-0.2, -0.15) is 0 Å². The minimum Gasteiger partial charge on any atom is -0.550 e. The zero-order chi connectivity index (χ0) is 23.9. The smallest absolute Gasteiger partial charge is 0.550 e. The average molecular weight is 574 g/mol. The summed E-state index contributed by atoms with van der Waals surface area (Å²) in [5, 5.41) is 31.0. The molecule has 31 heavy (non-hydrogen) atoms. The number of unbranched alkanes of at least 4 members (excludes halogenated alkanes) is 3. The zero-order valence-electron chi connectivity index (χ0n) is 20.7. The molecular formula is C24H45NdO6. The summed E-state index contributed by atoms with van der Waals surface area (Å²) >= 11 is 0. The monoisotopic (exact) mass is 571 g/mol. The molecule has 0 aromatic heterocycles. The van der Waals surface area contributed by atoms with Crippen molar-refractivity contribution in [2.24, 2.45) is 17.8 Å². The number of carbonyl (C=O) groups is 3. The molecule has 0 aromatic rings. The summed E-state index contributed by atoms with van der Waals surface area (Å²) in [4.78, 5) is 31.0. The summed E-state index contributed by atoms with van der Waals surface area (Å²) in [6.45, 7) is 11.8. The van der Waals surface area contributed by atoms with E-state index in [1.165, 1.54) is 0 Å². The van der Waals surface area contributed by atoms with E-state index in [1.54, 1.807) is 0 Å². The van der Waals surface area contributed by atoms with Gasteiger partial charge in [0.25, 0.3) is 0 Å². The van der Waals surface area contributed by atoms with Gasteiger partial charge in [-0.15, -0.1) is 0 Å². The van der Waals surface area contributed by atoms with E-state index < -0.39 is 17.9 Å². The van der Waals surface area contributed by atoms with Crippen LogP contribution < -0.4 is 15.3 Å². The van der Waals surface area contributed by atoms with Gasteiger partial charge in [-0.3, -0.25) is 0 Å². The molecule has 181 valence electrons. The normalized spacial score (nSPS) is 12.6. The average Bonchev–Trinajstić information content (AvgIpc) is 2.70. The Morgan fingerprint density at radius 3 is 0.806 bits per heavy atom. The van der Waals surface area contributed by atoms with E-state index in [4.69, 9.17) is 0 Å². The van der Waals surface area contributed by atoms with Crippen LogP contribution in [0.15, 0.2) is 0 Å². The molecule has 3 unspecified atom stereocenters. The van der Waals surface area contributed by atoms with Crippen LogP contribution >= 0.6 is 0 Å². The number of rotatable bonds is 15. The largest absolute Gasteiger partial charge is 3.00 e. The van der Waals surface area contributed by atoms with E-state index in [-0.39, 0.29) is 58.6 Å². The van der Waals surface area contributed by atoms with Crippen LogP contribution in [0.5, 0.6) is 0 Å². The van der Waals surface area contributed by atoms with Crippen molar-refractivity contribution >= 4 is 17.9 Å². The van der Waals surface area contributed by atoms with E-state index in [0.29, 0.717) is 19.3 Å². The molecule has 3 atom stereocenters. The molecule has 1 radical (unpaired) electrons. The Labute approximate surface area is 223 Å². The molecule has 0 aliphatic heterocycles. The maximum atomic E-state index is 10.3. The molecule has 0 saturated heterocycles. The molecule has 0 aromatic carbocycles. The first-order valence-corrected chi connectivity index (χ1v) is 11.8. The minimum absolute atomic E-state index is 0. The number of hydrogen-bond donors (Lipinski definition) is 0. The Kier molecular flexibility index (Phi) is 34.1. The third-order valence-corrected chi connectivity index (χ3v) is 5.20. The van der Waals surface area contributed by atoms with Crippen molar-refractivity contribution in [3.05, 3.63) is 0 Å². The van der Waals surface area contributed by atoms with E-state index in [9.17, 15) is 29.7 Å². The standard InChI is InChI=1S/3C8H16O2.Nd/c3*1-3-5-6-7(4-2)8(9)10;/h3*7H,3-6H2,1-2H3,(H,9,10);/q;;;+3/p-3. The second-order valence-corrected chi connectivity index (χ2v) is 7.70. The summed E-state index contributed by atoms with van der Waals surface area (Å²) in [5.41, 5.74) is 0. The molecule has 6 nitrogen and oxygen atoms in total. The summed E-state index contributed by atoms with van der Waals surface area (Å²) in [6, 6.07) is 0. The number of aliphatic carboxylic acids is 3. The van der Waals surface area contributed by atoms with Crippen molar-refractivity contribution in [2.75, 3.05) is 0 Å². The molecule has 0 amide bonds. The van der Waals surface area contributed by atoms with Crippen molar-refractivity contribution in [1.29, 1.82) is 0 Å². The molecular weight excluding hydrogens is 528 g/mol. The summed E-state index contributed by atoms with van der Waals surface area (Å²) in [5.74, 6) is -3.34. The van der Waals surface area contributed by atoms with Gasteiger partial charge in [0.1, 0.15) is 0 Å². The maximum Gasteiger partial charge on any atom is 3.00 e. The van der Waals surface area contributed by atoms with Crippen molar-refractivity contribution < 1.29 is 70.5 Å². The van der Waals surface area contributed by atoms with E-state index in [1.807, 2.05) is 20.8 Å². The number of hydrogen-bond acceptors (Lipinski definition) is 6. The second-order valence-electron chi connectivity index (χ2n) is 7.70. The quantitative estimate of drug-likeness (QED) is 0.297. The molecule has 0 aliphatic rings. The fraction of sp³-hybridized carbons (Fsp3) is 0.875. The van der Waals surface area contributed by atoms with Gasteiger partial charge < -0.3 is 29.7 Å². The third kappa shape index (κ3) is 25.9. The van der Waals surface area contributed by atoms with Gasteiger partial charge in [0, 0.05) is 17.9 Å². The first-order chi connectivity index (χ1) is 14.2. The van der Waals surface area contributed by atoms with Crippen LogP contribution in [0.3, 0.4) is 0 Å². The molecule has 0 rings (SSSR count). The molecule has 0 fully saturated rings. The molecule has 0 bridgehead atoms. The van der Waals surface area contributed by atoms with Crippen LogP contribution in [0.1, 0.15) is 119 Å². The van der Waals surface area contributed by atoms with E-state index in [2.05, 4.69) is 20.8 Å². The maximum absolute atomic E-state index is 10.3. The van der Waals surface area contributed by atoms with Gasteiger partial charge in [0.15, 0.2) is 0 Å². The predicted octanol–water partition coefficient (Wildman–Crippen LogP) is 2.86.